The number of carbonyl (C=O) groups is 1. The lowest BCUT2D eigenvalue weighted by Crippen LogP contribution is -2.40. The Morgan fingerprint density at radius 2 is 2.22 bits per heavy atom. The zero-order chi connectivity index (χ0) is 7.49. The molecule has 0 bridgehead atoms. The van der Waals surface area contributed by atoms with E-state index < -0.39 is 11.4 Å². The SMILES string of the molecule is CCC(C)(CBr)C(=O)[O-]. The van der Waals surface area contributed by atoms with E-state index in [1.54, 1.807) is 6.92 Å². The van der Waals surface area contributed by atoms with Crippen molar-refractivity contribution < 1.29 is 9.90 Å². The highest BCUT2D eigenvalue weighted by Gasteiger charge is 2.21. The predicted molar refractivity (Wildman–Crippen MR) is 37.2 cm³/mol. The third-order valence-electron chi connectivity index (χ3n) is 1.57. The third-order valence-corrected chi connectivity index (χ3v) is 2.81. The molecule has 1 atom stereocenters. The zero-order valence-electron chi connectivity index (χ0n) is 5.61. The van der Waals surface area contributed by atoms with Gasteiger partial charge in [0.1, 0.15) is 0 Å². The maximum Gasteiger partial charge on any atom is 0.0481 e. The van der Waals surface area contributed by atoms with Crippen LogP contribution in [0.5, 0.6) is 0 Å². The maximum absolute atomic E-state index is 10.3. The van der Waals surface area contributed by atoms with Crippen LogP contribution in [0.25, 0.3) is 0 Å². The van der Waals surface area contributed by atoms with Gasteiger partial charge in [-0.2, -0.15) is 0 Å². The van der Waals surface area contributed by atoms with Gasteiger partial charge >= 0.3 is 0 Å². The number of hydrogen-bond acceptors (Lipinski definition) is 2. The number of rotatable bonds is 3. The summed E-state index contributed by atoms with van der Waals surface area (Å²) >= 11 is 3.11. The van der Waals surface area contributed by atoms with E-state index in [1.165, 1.54) is 0 Å². The van der Waals surface area contributed by atoms with Crippen LogP contribution >= 0.6 is 15.9 Å². The summed E-state index contributed by atoms with van der Waals surface area (Å²) in [6, 6.07) is 0. The maximum atomic E-state index is 10.3. The Bertz CT molecular complexity index is 108. The second-order valence-corrected chi connectivity index (χ2v) is 2.90. The van der Waals surface area contributed by atoms with E-state index in [1.807, 2.05) is 6.92 Å². The first-order chi connectivity index (χ1) is 4.06. The van der Waals surface area contributed by atoms with Gasteiger partial charge in [-0.05, 0) is 6.42 Å². The molecule has 0 amide bonds. The number of alkyl halides is 1. The molecule has 3 heteroatoms. The lowest BCUT2D eigenvalue weighted by molar-refractivity contribution is -0.317. The fourth-order valence-electron chi connectivity index (χ4n) is 0.293. The fourth-order valence-corrected chi connectivity index (χ4v) is 0.919. The summed E-state index contributed by atoms with van der Waals surface area (Å²) in [7, 11) is 0. The molecular formula is C6H10BrO2-. The molecule has 0 rings (SSSR count). The molecule has 0 spiro atoms. The number of aliphatic carboxylic acids is 1. The molecule has 0 aromatic rings. The normalized spacial score (nSPS) is 16.8. The van der Waals surface area contributed by atoms with Crippen LogP contribution in [0.15, 0.2) is 0 Å². The Morgan fingerprint density at radius 1 is 1.78 bits per heavy atom. The van der Waals surface area contributed by atoms with Crippen molar-refractivity contribution in [3.05, 3.63) is 0 Å². The summed E-state index contributed by atoms with van der Waals surface area (Å²) in [5.74, 6) is -0.984. The molecule has 0 saturated carbocycles. The standard InChI is InChI=1S/C6H11BrO2/c1-3-6(2,4-7)5(8)9/h3-4H2,1-2H3,(H,8,9)/p-1. The Hall–Kier alpha value is -0.0500. The van der Waals surface area contributed by atoms with E-state index in [2.05, 4.69) is 15.9 Å². The van der Waals surface area contributed by atoms with Crippen molar-refractivity contribution in [1.29, 1.82) is 0 Å². The van der Waals surface area contributed by atoms with E-state index in [9.17, 15) is 9.90 Å². The quantitative estimate of drug-likeness (QED) is 0.615. The van der Waals surface area contributed by atoms with Gasteiger partial charge in [0.25, 0.3) is 0 Å². The first kappa shape index (κ1) is 8.95. The van der Waals surface area contributed by atoms with Crippen LogP contribution in [0.2, 0.25) is 0 Å². The molecule has 0 aliphatic carbocycles. The first-order valence-corrected chi connectivity index (χ1v) is 3.96. The van der Waals surface area contributed by atoms with Crippen LogP contribution in [0.1, 0.15) is 20.3 Å². The molecule has 54 valence electrons. The Balaban J connectivity index is 4.09. The van der Waals surface area contributed by atoms with Gasteiger partial charge in [-0.3, -0.25) is 0 Å². The predicted octanol–water partition coefficient (Wildman–Crippen LogP) is 0.547. The smallest absolute Gasteiger partial charge is 0.0481 e. The number of carboxylic acids is 1. The molecule has 1 unspecified atom stereocenters. The van der Waals surface area contributed by atoms with Gasteiger partial charge in [-0.1, -0.05) is 29.8 Å². The van der Waals surface area contributed by atoms with Gasteiger partial charge in [0, 0.05) is 16.7 Å². The molecule has 0 aliphatic rings. The molecule has 0 fully saturated rings. The average molecular weight is 194 g/mol. The fraction of sp³-hybridized carbons (Fsp3) is 0.833. The Labute approximate surface area is 63.4 Å². The van der Waals surface area contributed by atoms with Gasteiger partial charge in [0.15, 0.2) is 0 Å². The number of halogens is 1. The van der Waals surface area contributed by atoms with Crippen LogP contribution in [0.3, 0.4) is 0 Å². The minimum absolute atomic E-state index is 0.457. The monoisotopic (exact) mass is 193 g/mol. The van der Waals surface area contributed by atoms with E-state index in [0.717, 1.165) is 0 Å². The van der Waals surface area contributed by atoms with Crippen molar-refractivity contribution in [2.24, 2.45) is 5.41 Å². The van der Waals surface area contributed by atoms with Gasteiger partial charge in [-0.15, -0.1) is 0 Å². The summed E-state index contributed by atoms with van der Waals surface area (Å²) in [5, 5.41) is 10.8. The third kappa shape index (κ3) is 1.97. The number of carboxylic acid groups (broad SMARTS) is 1. The van der Waals surface area contributed by atoms with E-state index >= 15 is 0 Å². The van der Waals surface area contributed by atoms with Gasteiger partial charge in [0.05, 0.1) is 0 Å². The Morgan fingerprint density at radius 3 is 2.22 bits per heavy atom. The van der Waals surface area contributed by atoms with Crippen molar-refractivity contribution in [3.63, 3.8) is 0 Å². The topological polar surface area (TPSA) is 40.1 Å². The molecule has 2 nitrogen and oxygen atoms in total. The lowest BCUT2D eigenvalue weighted by Gasteiger charge is -2.26. The van der Waals surface area contributed by atoms with E-state index in [0.29, 0.717) is 11.8 Å². The first-order valence-electron chi connectivity index (χ1n) is 2.84. The molecule has 0 saturated heterocycles. The van der Waals surface area contributed by atoms with Crippen LogP contribution in [-0.4, -0.2) is 11.3 Å². The Kier molecular flexibility index (Phi) is 3.18. The van der Waals surface area contributed by atoms with Crippen LogP contribution < -0.4 is 5.11 Å². The van der Waals surface area contributed by atoms with Crippen LogP contribution in [0, 0.1) is 5.41 Å². The molecular weight excluding hydrogens is 184 g/mol. The molecule has 0 aliphatic heterocycles. The highest BCUT2D eigenvalue weighted by molar-refractivity contribution is 9.09. The molecule has 0 aromatic heterocycles. The molecule has 0 N–H and O–H groups in total. The second kappa shape index (κ2) is 3.20. The van der Waals surface area contributed by atoms with Gasteiger partial charge in [0.2, 0.25) is 0 Å². The van der Waals surface area contributed by atoms with Crippen LogP contribution in [-0.2, 0) is 4.79 Å². The summed E-state index contributed by atoms with van der Waals surface area (Å²) < 4.78 is 0. The molecule has 0 heterocycles. The molecule has 0 aromatic carbocycles. The summed E-state index contributed by atoms with van der Waals surface area (Å²) in [6.45, 7) is 3.49. The largest absolute Gasteiger partial charge is 0.550 e. The second-order valence-electron chi connectivity index (χ2n) is 2.34. The highest BCUT2D eigenvalue weighted by Crippen LogP contribution is 2.21. The van der Waals surface area contributed by atoms with Crippen molar-refractivity contribution >= 4 is 21.9 Å². The number of carbonyl (C=O) groups excluding carboxylic acids is 1. The van der Waals surface area contributed by atoms with E-state index in [-0.39, 0.29) is 0 Å². The van der Waals surface area contributed by atoms with Crippen molar-refractivity contribution in [1.82, 2.24) is 0 Å². The zero-order valence-corrected chi connectivity index (χ0v) is 7.19. The lowest BCUT2D eigenvalue weighted by atomic mass is 9.91. The van der Waals surface area contributed by atoms with E-state index in [4.69, 9.17) is 0 Å². The summed E-state index contributed by atoms with van der Waals surface area (Å²) in [6.07, 6.45) is 0.598. The van der Waals surface area contributed by atoms with Gasteiger partial charge in [-0.25, -0.2) is 0 Å². The minimum Gasteiger partial charge on any atom is -0.550 e. The summed E-state index contributed by atoms with van der Waals surface area (Å²) in [5.41, 5.74) is -0.694. The highest BCUT2D eigenvalue weighted by atomic mass is 79.9. The molecule has 9 heavy (non-hydrogen) atoms. The van der Waals surface area contributed by atoms with Crippen LogP contribution in [0.4, 0.5) is 0 Å². The number of hydrogen-bond donors (Lipinski definition) is 0. The van der Waals surface area contributed by atoms with Crippen molar-refractivity contribution in [2.75, 3.05) is 5.33 Å². The van der Waals surface area contributed by atoms with Crippen molar-refractivity contribution in [3.8, 4) is 0 Å². The molecule has 0 radical (unpaired) electrons. The summed E-state index contributed by atoms with van der Waals surface area (Å²) in [4.78, 5) is 10.3. The average Bonchev–Trinajstić information content (AvgIpc) is 1.86. The van der Waals surface area contributed by atoms with Crippen molar-refractivity contribution in [2.45, 2.75) is 20.3 Å². The van der Waals surface area contributed by atoms with Gasteiger partial charge < -0.3 is 9.90 Å². The minimum atomic E-state index is -0.984.